The van der Waals surface area contributed by atoms with E-state index in [1.54, 1.807) is 7.11 Å². The number of methoxy groups -OCH3 is 1. The highest BCUT2D eigenvalue weighted by molar-refractivity contribution is 5.80. The van der Waals surface area contributed by atoms with Crippen LogP contribution in [0.4, 0.5) is 5.82 Å². The van der Waals surface area contributed by atoms with Gasteiger partial charge in [-0.05, 0) is 31.9 Å². The molecule has 0 bridgehead atoms. The molecule has 0 radical (unpaired) electrons. The number of pyridine rings is 1. The highest BCUT2D eigenvalue weighted by Gasteiger charge is 2.24. The van der Waals surface area contributed by atoms with Gasteiger partial charge in [-0.15, -0.1) is 0 Å². The van der Waals surface area contributed by atoms with Crippen LogP contribution in [0, 0.1) is 5.92 Å². The van der Waals surface area contributed by atoms with Crippen LogP contribution in [0.5, 0.6) is 0 Å². The molecule has 1 aromatic rings. The van der Waals surface area contributed by atoms with Crippen molar-refractivity contribution in [1.82, 2.24) is 15.2 Å². The van der Waals surface area contributed by atoms with E-state index in [2.05, 4.69) is 51.1 Å². The molecule has 1 fully saturated rings. The van der Waals surface area contributed by atoms with Crippen molar-refractivity contribution < 1.29 is 9.47 Å². The number of guanidine groups is 1. The monoisotopic (exact) mass is 377 g/mol. The number of aliphatic imine (C=N–C) groups is 1. The van der Waals surface area contributed by atoms with Crippen molar-refractivity contribution in [3.05, 3.63) is 23.9 Å². The molecule has 1 aliphatic rings. The average Bonchev–Trinajstić information content (AvgIpc) is 3.16. The summed E-state index contributed by atoms with van der Waals surface area (Å²) in [4.78, 5) is 13.6. The van der Waals surface area contributed by atoms with E-state index in [1.807, 2.05) is 13.2 Å². The molecule has 1 atom stereocenters. The molecule has 27 heavy (non-hydrogen) atoms. The number of nitrogens with one attached hydrogen (secondary N) is 1. The van der Waals surface area contributed by atoms with Gasteiger partial charge in [0, 0.05) is 59.0 Å². The smallest absolute Gasteiger partial charge is 0.193 e. The summed E-state index contributed by atoms with van der Waals surface area (Å²) in [6.07, 6.45) is 3.08. The lowest BCUT2D eigenvalue weighted by molar-refractivity contribution is 0.0536. The van der Waals surface area contributed by atoms with Gasteiger partial charge in [-0.1, -0.05) is 6.07 Å². The van der Waals surface area contributed by atoms with Gasteiger partial charge in [-0.2, -0.15) is 0 Å². The second-order valence-corrected chi connectivity index (χ2v) is 6.77. The number of aromatic nitrogens is 1. The van der Waals surface area contributed by atoms with E-state index in [0.29, 0.717) is 19.1 Å². The molecule has 7 heteroatoms. The maximum absolute atomic E-state index is 5.67. The molecule has 2 rings (SSSR count). The molecule has 0 saturated carbocycles. The molecule has 0 aliphatic carbocycles. The Kier molecular flexibility index (Phi) is 9.35. The Morgan fingerprint density at radius 3 is 2.78 bits per heavy atom. The third-order valence-corrected chi connectivity index (χ3v) is 4.93. The first-order chi connectivity index (χ1) is 13.2. The summed E-state index contributed by atoms with van der Waals surface area (Å²) in [6.45, 7) is 11.1. The van der Waals surface area contributed by atoms with Crippen LogP contribution in [0.3, 0.4) is 0 Å². The summed E-state index contributed by atoms with van der Waals surface area (Å²) in [5.41, 5.74) is 1.16. The third-order valence-electron chi connectivity index (χ3n) is 4.93. The van der Waals surface area contributed by atoms with E-state index in [4.69, 9.17) is 9.47 Å². The molecule has 0 aromatic carbocycles. The molecule has 7 nitrogen and oxygen atoms in total. The molecule has 1 unspecified atom stereocenters. The minimum atomic E-state index is 0.551. The lowest BCUT2D eigenvalue weighted by Gasteiger charge is -2.22. The predicted molar refractivity (Wildman–Crippen MR) is 110 cm³/mol. The summed E-state index contributed by atoms with van der Waals surface area (Å²) in [5, 5.41) is 3.46. The molecule has 0 spiro atoms. The van der Waals surface area contributed by atoms with Crippen LogP contribution in [0.1, 0.15) is 25.8 Å². The van der Waals surface area contributed by atoms with Crippen molar-refractivity contribution in [1.29, 1.82) is 0 Å². The molecular formula is C20H35N5O2. The molecule has 1 saturated heterocycles. The minimum Gasteiger partial charge on any atom is -0.382 e. The molecule has 0 amide bonds. The first kappa shape index (κ1) is 21.4. The van der Waals surface area contributed by atoms with Gasteiger partial charge in [0.15, 0.2) is 5.96 Å². The van der Waals surface area contributed by atoms with Gasteiger partial charge in [-0.3, -0.25) is 4.99 Å². The molecule has 2 heterocycles. The van der Waals surface area contributed by atoms with E-state index < -0.39 is 0 Å². The maximum Gasteiger partial charge on any atom is 0.193 e. The van der Waals surface area contributed by atoms with Crippen LogP contribution < -0.4 is 10.2 Å². The van der Waals surface area contributed by atoms with Crippen molar-refractivity contribution in [2.24, 2.45) is 10.9 Å². The largest absolute Gasteiger partial charge is 0.382 e. The van der Waals surface area contributed by atoms with Crippen LogP contribution in [0.15, 0.2) is 23.3 Å². The maximum atomic E-state index is 5.67. The van der Waals surface area contributed by atoms with E-state index in [-0.39, 0.29) is 0 Å². The Balaban J connectivity index is 1.79. The van der Waals surface area contributed by atoms with Gasteiger partial charge in [0.05, 0.1) is 19.8 Å². The first-order valence-corrected chi connectivity index (χ1v) is 9.93. The van der Waals surface area contributed by atoms with Crippen LogP contribution >= 0.6 is 0 Å². The van der Waals surface area contributed by atoms with Gasteiger partial charge < -0.3 is 24.6 Å². The number of hydrogen-bond acceptors (Lipinski definition) is 5. The van der Waals surface area contributed by atoms with E-state index in [1.165, 1.54) is 0 Å². The van der Waals surface area contributed by atoms with Gasteiger partial charge in [-0.25, -0.2) is 4.98 Å². The zero-order valence-electron chi connectivity index (χ0n) is 17.3. The molecule has 152 valence electrons. The lowest BCUT2D eigenvalue weighted by atomic mass is 10.1. The van der Waals surface area contributed by atoms with Gasteiger partial charge >= 0.3 is 0 Å². The fourth-order valence-electron chi connectivity index (χ4n) is 3.32. The second-order valence-electron chi connectivity index (χ2n) is 6.77. The Morgan fingerprint density at radius 2 is 2.15 bits per heavy atom. The van der Waals surface area contributed by atoms with Crippen LogP contribution in [-0.2, 0) is 16.0 Å². The van der Waals surface area contributed by atoms with Crippen molar-refractivity contribution in [2.75, 3.05) is 65.1 Å². The third kappa shape index (κ3) is 6.66. The Labute approximate surface area is 163 Å². The molecule has 1 aromatic heterocycles. The van der Waals surface area contributed by atoms with Gasteiger partial charge in [0.25, 0.3) is 0 Å². The Bertz CT molecular complexity index is 560. The summed E-state index contributed by atoms with van der Waals surface area (Å²) >= 11 is 0. The number of hydrogen-bond donors (Lipinski definition) is 1. The van der Waals surface area contributed by atoms with E-state index in [0.717, 1.165) is 63.1 Å². The molecule has 1 N–H and O–H groups in total. The summed E-state index contributed by atoms with van der Waals surface area (Å²) in [7, 11) is 3.54. The first-order valence-electron chi connectivity index (χ1n) is 9.93. The summed E-state index contributed by atoms with van der Waals surface area (Å²) < 4.78 is 10.7. The minimum absolute atomic E-state index is 0.551. The van der Waals surface area contributed by atoms with E-state index in [9.17, 15) is 0 Å². The standard InChI is InChI=1S/C20H35N5O2/c1-5-24(6-2)19-8-7-17(13-22-19)14-23-20(21-3)25-10-9-18(15-25)16-27-12-11-26-4/h7-8,13,18H,5-6,9-12,14-16H2,1-4H3,(H,21,23). The number of likely N-dealkylation sites (tertiary alicyclic amines) is 1. The van der Waals surface area contributed by atoms with Gasteiger partial charge in [0.1, 0.15) is 5.82 Å². The summed E-state index contributed by atoms with van der Waals surface area (Å²) in [5.74, 6) is 2.53. The number of anilines is 1. The quantitative estimate of drug-likeness (QED) is 0.382. The topological polar surface area (TPSA) is 62.2 Å². The predicted octanol–water partition coefficient (Wildman–Crippen LogP) is 1.99. The molecular weight excluding hydrogens is 342 g/mol. The highest BCUT2D eigenvalue weighted by atomic mass is 16.5. The van der Waals surface area contributed by atoms with Crippen molar-refractivity contribution in [3.8, 4) is 0 Å². The SMILES string of the molecule is CCN(CC)c1ccc(CNC(=NC)N2CCC(COCCOC)C2)cn1. The molecule has 1 aliphatic heterocycles. The van der Waals surface area contributed by atoms with E-state index >= 15 is 0 Å². The lowest BCUT2D eigenvalue weighted by Crippen LogP contribution is -2.39. The van der Waals surface area contributed by atoms with Crippen LogP contribution in [0.2, 0.25) is 0 Å². The fraction of sp³-hybridized carbons (Fsp3) is 0.700. The van der Waals surface area contributed by atoms with Crippen LogP contribution in [-0.4, -0.2) is 76.0 Å². The second kappa shape index (κ2) is 11.8. The number of rotatable bonds is 10. The normalized spacial score (nSPS) is 17.4. The Morgan fingerprint density at radius 1 is 1.33 bits per heavy atom. The number of nitrogens with zero attached hydrogens (tertiary/aromatic N) is 4. The number of ether oxygens (including phenoxy) is 2. The average molecular weight is 378 g/mol. The fourth-order valence-corrected chi connectivity index (χ4v) is 3.32. The van der Waals surface area contributed by atoms with Crippen LogP contribution in [0.25, 0.3) is 0 Å². The zero-order chi connectivity index (χ0) is 19.5. The van der Waals surface area contributed by atoms with Crippen molar-refractivity contribution >= 4 is 11.8 Å². The highest BCUT2D eigenvalue weighted by Crippen LogP contribution is 2.17. The Hall–Kier alpha value is -1.86. The van der Waals surface area contributed by atoms with Crippen molar-refractivity contribution in [2.45, 2.75) is 26.8 Å². The zero-order valence-corrected chi connectivity index (χ0v) is 17.3. The van der Waals surface area contributed by atoms with Crippen molar-refractivity contribution in [3.63, 3.8) is 0 Å². The van der Waals surface area contributed by atoms with Gasteiger partial charge in [0.2, 0.25) is 0 Å². The summed E-state index contributed by atoms with van der Waals surface area (Å²) in [6, 6.07) is 4.23.